The molecule has 0 radical (unpaired) electrons. The molecule has 1 aliphatic carbocycles. The van der Waals surface area contributed by atoms with Gasteiger partial charge >= 0.3 is 12.1 Å². The Bertz CT molecular complexity index is 1620. The summed E-state index contributed by atoms with van der Waals surface area (Å²) in [5.41, 5.74) is 4.08. The van der Waals surface area contributed by atoms with Gasteiger partial charge < -0.3 is 15.1 Å². The van der Waals surface area contributed by atoms with Gasteiger partial charge in [-0.25, -0.2) is 9.10 Å². The molecule has 1 aliphatic rings. The number of phenols is 1. The molecule has 0 heterocycles. The number of hydrogen-bond donors (Lipinski definition) is 2. The summed E-state index contributed by atoms with van der Waals surface area (Å²) in [4.78, 5) is 25.0. The Morgan fingerprint density at radius 3 is 2.02 bits per heavy atom. The standard InChI is InChI=1S/C21H23NO4.C17H18F3NS/c23-14-22(18-10-11-19(21(25)26)20(24)12-18)13-15-6-8-17(9-7-15)16-4-2-1-3-5-16;1-3-21(22-16-10-4-13(2)5-11-16)12-14-6-8-15(9-7-14)17(18,19)20/h6-12,14,16,24H,1-5,13H2,(H,25,26);4-11H,3,12H2,1-2H3. The number of carboxylic acid groups (broad SMARTS) is 1. The zero-order chi connectivity index (χ0) is 34.7. The van der Waals surface area contributed by atoms with Crippen LogP contribution in [0.1, 0.15) is 83.1 Å². The first-order valence-electron chi connectivity index (χ1n) is 16.0. The largest absolute Gasteiger partial charge is 0.507 e. The van der Waals surface area contributed by atoms with Gasteiger partial charge in [0.25, 0.3) is 0 Å². The molecule has 4 aromatic rings. The second-order valence-electron chi connectivity index (χ2n) is 11.9. The smallest absolute Gasteiger partial charge is 0.416 e. The molecule has 1 amide bonds. The van der Waals surface area contributed by atoms with Crippen LogP contribution in [0, 0.1) is 6.92 Å². The first kappa shape index (κ1) is 36.6. The number of nitrogens with zero attached hydrogens (tertiary/aromatic N) is 2. The number of amides is 1. The van der Waals surface area contributed by atoms with Gasteiger partial charge in [-0.2, -0.15) is 13.2 Å². The Hall–Kier alpha value is -4.28. The number of alkyl halides is 3. The zero-order valence-electron chi connectivity index (χ0n) is 27.1. The SMILES string of the molecule is CCN(Cc1ccc(C(F)(F)F)cc1)Sc1ccc(C)cc1.O=CN(Cc1ccc(C2CCCCC2)cc1)c1ccc(C(=O)O)c(O)c1. The summed E-state index contributed by atoms with van der Waals surface area (Å²) < 4.78 is 39.8. The van der Waals surface area contributed by atoms with E-state index in [-0.39, 0.29) is 11.3 Å². The lowest BCUT2D eigenvalue weighted by Crippen LogP contribution is -2.20. The number of rotatable bonds is 11. The van der Waals surface area contributed by atoms with Crippen molar-refractivity contribution in [3.8, 4) is 5.75 Å². The summed E-state index contributed by atoms with van der Waals surface area (Å²) in [5, 5.41) is 18.8. The van der Waals surface area contributed by atoms with E-state index in [1.807, 2.05) is 38.1 Å². The van der Waals surface area contributed by atoms with E-state index in [0.29, 0.717) is 31.1 Å². The van der Waals surface area contributed by atoms with Gasteiger partial charge in [0.1, 0.15) is 11.3 Å². The van der Waals surface area contributed by atoms with E-state index < -0.39 is 17.7 Å². The maximum absolute atomic E-state index is 12.6. The van der Waals surface area contributed by atoms with Gasteiger partial charge in [0.05, 0.1) is 12.1 Å². The molecular formula is C38H41F3N2O4S. The number of anilines is 1. The van der Waals surface area contributed by atoms with Gasteiger partial charge in [-0.3, -0.25) is 4.79 Å². The molecule has 0 aliphatic heterocycles. The summed E-state index contributed by atoms with van der Waals surface area (Å²) >= 11 is 1.61. The minimum Gasteiger partial charge on any atom is -0.507 e. The molecule has 0 aromatic heterocycles. The molecular weight excluding hydrogens is 637 g/mol. The lowest BCUT2D eigenvalue weighted by molar-refractivity contribution is -0.137. The van der Waals surface area contributed by atoms with Crippen molar-refractivity contribution in [2.24, 2.45) is 0 Å². The third kappa shape index (κ3) is 10.6. The highest BCUT2D eigenvalue weighted by molar-refractivity contribution is 7.97. The predicted molar refractivity (Wildman–Crippen MR) is 184 cm³/mol. The van der Waals surface area contributed by atoms with E-state index in [9.17, 15) is 27.9 Å². The molecule has 0 saturated heterocycles. The second-order valence-corrected chi connectivity index (χ2v) is 13.0. The minimum atomic E-state index is -4.28. The molecule has 48 heavy (non-hydrogen) atoms. The van der Waals surface area contributed by atoms with Crippen molar-refractivity contribution in [1.29, 1.82) is 0 Å². The second kappa shape index (κ2) is 17.2. The third-order valence-electron chi connectivity index (χ3n) is 8.33. The van der Waals surface area contributed by atoms with Crippen molar-refractivity contribution >= 4 is 30.0 Å². The van der Waals surface area contributed by atoms with Crippen LogP contribution >= 0.6 is 11.9 Å². The monoisotopic (exact) mass is 678 g/mol. The van der Waals surface area contributed by atoms with Crippen molar-refractivity contribution in [2.75, 3.05) is 11.4 Å². The first-order chi connectivity index (χ1) is 23.0. The Morgan fingerprint density at radius 1 is 0.875 bits per heavy atom. The van der Waals surface area contributed by atoms with Crippen LogP contribution < -0.4 is 4.90 Å². The molecule has 10 heteroatoms. The van der Waals surface area contributed by atoms with Crippen molar-refractivity contribution in [3.63, 3.8) is 0 Å². The highest BCUT2D eigenvalue weighted by atomic mass is 32.2. The molecule has 0 unspecified atom stereocenters. The topological polar surface area (TPSA) is 81.1 Å². The Morgan fingerprint density at radius 2 is 1.48 bits per heavy atom. The van der Waals surface area contributed by atoms with Crippen molar-refractivity contribution in [1.82, 2.24) is 4.31 Å². The maximum atomic E-state index is 12.6. The molecule has 5 rings (SSSR count). The number of carbonyl (C=O) groups excluding carboxylic acids is 1. The van der Waals surface area contributed by atoms with Crippen LogP contribution in [0.3, 0.4) is 0 Å². The summed E-state index contributed by atoms with van der Waals surface area (Å²) in [6, 6.07) is 26.0. The number of halogens is 3. The van der Waals surface area contributed by atoms with Crippen LogP contribution in [-0.4, -0.2) is 33.4 Å². The van der Waals surface area contributed by atoms with Crippen LogP contribution in [0.25, 0.3) is 0 Å². The zero-order valence-corrected chi connectivity index (χ0v) is 27.9. The minimum absolute atomic E-state index is 0.184. The van der Waals surface area contributed by atoms with Gasteiger partial charge in [0, 0.05) is 29.7 Å². The highest BCUT2D eigenvalue weighted by Crippen LogP contribution is 2.33. The van der Waals surface area contributed by atoms with Crippen LogP contribution in [0.2, 0.25) is 0 Å². The van der Waals surface area contributed by atoms with E-state index in [0.717, 1.165) is 34.7 Å². The molecule has 0 atom stereocenters. The Labute approximate surface area is 284 Å². The number of carbonyl (C=O) groups is 2. The Balaban J connectivity index is 0.000000220. The van der Waals surface area contributed by atoms with Gasteiger partial charge in [-0.15, -0.1) is 0 Å². The number of aromatic hydroxyl groups is 1. The predicted octanol–water partition coefficient (Wildman–Crippen LogP) is 9.84. The molecule has 0 bridgehead atoms. The average molecular weight is 679 g/mol. The van der Waals surface area contributed by atoms with Crippen molar-refractivity contribution in [2.45, 2.75) is 76.0 Å². The van der Waals surface area contributed by atoms with E-state index in [1.54, 1.807) is 24.1 Å². The average Bonchev–Trinajstić information content (AvgIpc) is 3.08. The van der Waals surface area contributed by atoms with E-state index >= 15 is 0 Å². The van der Waals surface area contributed by atoms with Gasteiger partial charge in [0.2, 0.25) is 6.41 Å². The van der Waals surface area contributed by atoms with Crippen molar-refractivity contribution in [3.05, 3.63) is 124 Å². The first-order valence-corrected chi connectivity index (χ1v) is 16.8. The Kier molecular flexibility index (Phi) is 13.1. The molecule has 1 saturated carbocycles. The fourth-order valence-corrected chi connectivity index (χ4v) is 6.46. The van der Waals surface area contributed by atoms with Crippen LogP contribution in [0.5, 0.6) is 5.75 Å². The summed E-state index contributed by atoms with van der Waals surface area (Å²) in [6.45, 7) is 5.84. The number of aryl methyl sites for hydroxylation is 1. The molecule has 1 fully saturated rings. The molecule has 4 aromatic carbocycles. The van der Waals surface area contributed by atoms with Gasteiger partial charge in [-0.1, -0.05) is 80.3 Å². The lowest BCUT2D eigenvalue weighted by atomic mass is 9.84. The molecule has 2 N–H and O–H groups in total. The van der Waals surface area contributed by atoms with Crippen molar-refractivity contribution < 1.29 is 33.0 Å². The fraction of sp³-hybridized carbons (Fsp3) is 0.316. The third-order valence-corrected chi connectivity index (χ3v) is 9.46. The van der Waals surface area contributed by atoms with Gasteiger partial charge in [0.15, 0.2) is 0 Å². The number of carboxylic acids is 1. The normalized spacial score (nSPS) is 13.5. The number of hydrogen-bond acceptors (Lipinski definition) is 5. The molecule has 254 valence electrons. The van der Waals surface area contributed by atoms with E-state index in [1.165, 1.54) is 66.3 Å². The van der Waals surface area contributed by atoms with Gasteiger partial charge in [-0.05, 0) is 90.7 Å². The maximum Gasteiger partial charge on any atom is 0.416 e. The van der Waals surface area contributed by atoms with E-state index in [4.69, 9.17) is 5.11 Å². The number of aromatic carboxylic acids is 1. The summed E-state index contributed by atoms with van der Waals surface area (Å²) in [6.07, 6.45) is 2.81. The molecule has 0 spiro atoms. The number of benzene rings is 4. The van der Waals surface area contributed by atoms with Crippen LogP contribution in [0.4, 0.5) is 18.9 Å². The summed E-state index contributed by atoms with van der Waals surface area (Å²) in [5.74, 6) is -0.917. The molecule has 6 nitrogen and oxygen atoms in total. The highest BCUT2D eigenvalue weighted by Gasteiger charge is 2.30. The van der Waals surface area contributed by atoms with Crippen LogP contribution in [0.15, 0.2) is 95.9 Å². The fourth-order valence-electron chi connectivity index (χ4n) is 5.56. The van der Waals surface area contributed by atoms with Crippen LogP contribution in [-0.2, 0) is 24.1 Å². The van der Waals surface area contributed by atoms with E-state index in [2.05, 4.69) is 28.6 Å². The summed E-state index contributed by atoms with van der Waals surface area (Å²) in [7, 11) is 0. The quantitative estimate of drug-likeness (QED) is 0.121. The lowest BCUT2D eigenvalue weighted by Gasteiger charge is -2.23.